The molecule has 0 unspecified atom stereocenters. The monoisotopic (exact) mass is 268 g/mol. The molecule has 6 heteroatoms. The van der Waals surface area contributed by atoms with E-state index in [2.05, 4.69) is 0 Å². The van der Waals surface area contributed by atoms with Crippen molar-refractivity contribution < 1.29 is 18.3 Å². The molecule has 1 aromatic rings. The molecular weight excluding hydrogens is 254 g/mol. The number of nitrogens with zero attached hydrogens (tertiary/aromatic N) is 1. The van der Waals surface area contributed by atoms with Crippen LogP contribution in [0, 0.1) is 11.3 Å². The van der Waals surface area contributed by atoms with Gasteiger partial charge in [-0.3, -0.25) is 4.79 Å². The Morgan fingerprint density at radius 3 is 2.68 bits per heavy atom. The number of carbonyl (C=O) groups is 1. The highest BCUT2D eigenvalue weighted by Crippen LogP contribution is 2.27. The van der Waals surface area contributed by atoms with Crippen LogP contribution in [0.4, 0.5) is 8.78 Å². The second-order valence-electron chi connectivity index (χ2n) is 3.77. The van der Waals surface area contributed by atoms with Crippen molar-refractivity contribution in [1.29, 1.82) is 5.26 Å². The van der Waals surface area contributed by atoms with Gasteiger partial charge in [-0.25, -0.2) is 8.78 Å². The first-order valence-electron chi connectivity index (χ1n) is 5.73. The van der Waals surface area contributed by atoms with E-state index >= 15 is 0 Å². The zero-order valence-corrected chi connectivity index (χ0v) is 10.5. The molecule has 0 bridgehead atoms. The van der Waals surface area contributed by atoms with Gasteiger partial charge in [0.1, 0.15) is 0 Å². The van der Waals surface area contributed by atoms with Gasteiger partial charge in [0.15, 0.2) is 0 Å². The minimum atomic E-state index is -2.71. The summed E-state index contributed by atoms with van der Waals surface area (Å²) < 4.78 is 30.3. The average molecular weight is 268 g/mol. The Morgan fingerprint density at radius 2 is 2.21 bits per heavy atom. The molecule has 0 spiro atoms. The summed E-state index contributed by atoms with van der Waals surface area (Å²) in [5, 5.41) is 9.08. The first-order valence-corrected chi connectivity index (χ1v) is 5.73. The van der Waals surface area contributed by atoms with E-state index in [1.165, 1.54) is 12.1 Å². The summed E-state index contributed by atoms with van der Waals surface area (Å²) in [5.74, 6) is -0.508. The van der Waals surface area contributed by atoms with Crippen molar-refractivity contribution in [2.75, 3.05) is 6.61 Å². The second kappa shape index (κ2) is 6.81. The molecule has 0 amide bonds. The van der Waals surface area contributed by atoms with Crippen molar-refractivity contribution in [3.8, 4) is 6.07 Å². The SMILES string of the molecule is CCOC(=O)Cc1ccc(C(F)F)c(CN)c1C#N. The Balaban J connectivity index is 3.21. The van der Waals surface area contributed by atoms with Gasteiger partial charge < -0.3 is 10.5 Å². The number of hydrogen-bond donors (Lipinski definition) is 1. The van der Waals surface area contributed by atoms with Crippen LogP contribution < -0.4 is 5.73 Å². The average Bonchev–Trinajstić information content (AvgIpc) is 2.37. The molecular formula is C13H14F2N2O2. The lowest BCUT2D eigenvalue weighted by Gasteiger charge is -2.12. The van der Waals surface area contributed by atoms with Crippen molar-refractivity contribution in [2.24, 2.45) is 5.73 Å². The van der Waals surface area contributed by atoms with Crippen LogP contribution in [0.25, 0.3) is 0 Å². The molecule has 0 heterocycles. The molecule has 4 nitrogen and oxygen atoms in total. The first-order chi connectivity index (χ1) is 9.04. The Bertz CT molecular complexity index is 510. The van der Waals surface area contributed by atoms with Gasteiger partial charge in [0.25, 0.3) is 6.43 Å². The van der Waals surface area contributed by atoms with Gasteiger partial charge in [0.2, 0.25) is 0 Å². The van der Waals surface area contributed by atoms with Gasteiger partial charge in [0, 0.05) is 12.1 Å². The van der Waals surface area contributed by atoms with E-state index in [1.807, 2.05) is 6.07 Å². The van der Waals surface area contributed by atoms with E-state index < -0.39 is 12.4 Å². The number of nitrogens with two attached hydrogens (primary N) is 1. The van der Waals surface area contributed by atoms with E-state index in [-0.39, 0.29) is 36.3 Å². The third-order valence-corrected chi connectivity index (χ3v) is 2.63. The smallest absolute Gasteiger partial charge is 0.310 e. The molecule has 0 saturated carbocycles. The fraction of sp³-hybridized carbons (Fsp3) is 0.385. The number of rotatable bonds is 5. The largest absolute Gasteiger partial charge is 0.466 e. The van der Waals surface area contributed by atoms with Crippen LogP contribution in [0.3, 0.4) is 0 Å². The van der Waals surface area contributed by atoms with Gasteiger partial charge in [-0.15, -0.1) is 0 Å². The van der Waals surface area contributed by atoms with E-state index in [1.54, 1.807) is 6.92 Å². The summed E-state index contributed by atoms with van der Waals surface area (Å²) in [7, 11) is 0. The molecule has 0 radical (unpaired) electrons. The predicted octanol–water partition coefficient (Wildman–Crippen LogP) is 2.06. The lowest BCUT2D eigenvalue weighted by molar-refractivity contribution is -0.142. The zero-order valence-electron chi connectivity index (χ0n) is 10.5. The minimum Gasteiger partial charge on any atom is -0.466 e. The van der Waals surface area contributed by atoms with Crippen molar-refractivity contribution in [2.45, 2.75) is 26.3 Å². The van der Waals surface area contributed by atoms with Crippen LogP contribution in [0.2, 0.25) is 0 Å². The Morgan fingerprint density at radius 1 is 1.53 bits per heavy atom. The second-order valence-corrected chi connectivity index (χ2v) is 3.77. The summed E-state index contributed by atoms with van der Waals surface area (Å²) in [6.07, 6.45) is -2.84. The maximum atomic E-state index is 12.8. The number of halogens is 2. The first kappa shape index (κ1) is 15.1. The topological polar surface area (TPSA) is 76.1 Å². The number of hydrogen-bond acceptors (Lipinski definition) is 4. The molecule has 0 atom stereocenters. The normalized spacial score (nSPS) is 10.3. The maximum absolute atomic E-state index is 12.8. The van der Waals surface area contributed by atoms with Gasteiger partial charge >= 0.3 is 5.97 Å². The summed E-state index contributed by atoms with van der Waals surface area (Å²) in [6, 6.07) is 4.38. The summed E-state index contributed by atoms with van der Waals surface area (Å²) in [5.41, 5.74) is 5.62. The number of carbonyl (C=O) groups excluding carboxylic acids is 1. The molecule has 2 N–H and O–H groups in total. The van der Waals surface area contributed by atoms with Gasteiger partial charge in [-0.05, 0) is 18.1 Å². The molecule has 0 aliphatic carbocycles. The van der Waals surface area contributed by atoms with E-state index in [0.717, 1.165) is 0 Å². The lowest BCUT2D eigenvalue weighted by Crippen LogP contribution is -2.12. The van der Waals surface area contributed by atoms with Gasteiger partial charge in [-0.2, -0.15) is 5.26 Å². The summed E-state index contributed by atoms with van der Waals surface area (Å²) in [4.78, 5) is 11.4. The number of alkyl halides is 2. The zero-order chi connectivity index (χ0) is 14.4. The standard InChI is InChI=1S/C13H14F2N2O2/c1-2-19-12(18)5-8-3-4-9(13(14)15)11(7-17)10(8)6-16/h3-4,13H,2,5,7,17H2,1H3. The van der Waals surface area contributed by atoms with Crippen molar-refractivity contribution in [3.05, 3.63) is 34.4 Å². The van der Waals surface area contributed by atoms with E-state index in [4.69, 9.17) is 15.7 Å². The summed E-state index contributed by atoms with van der Waals surface area (Å²) in [6.45, 7) is 1.70. The Kier molecular flexibility index (Phi) is 5.39. The molecule has 19 heavy (non-hydrogen) atoms. The molecule has 0 fully saturated rings. The molecule has 1 aromatic carbocycles. The highest BCUT2D eigenvalue weighted by molar-refractivity contribution is 5.74. The van der Waals surface area contributed by atoms with Gasteiger partial charge in [0.05, 0.1) is 24.7 Å². The van der Waals surface area contributed by atoms with Crippen LogP contribution in [0.1, 0.15) is 35.6 Å². The molecule has 102 valence electrons. The van der Waals surface area contributed by atoms with Crippen molar-refractivity contribution >= 4 is 5.97 Å². The maximum Gasteiger partial charge on any atom is 0.310 e. The number of esters is 1. The number of benzene rings is 1. The van der Waals surface area contributed by atoms with Crippen LogP contribution >= 0.6 is 0 Å². The van der Waals surface area contributed by atoms with Crippen LogP contribution in [0.15, 0.2) is 12.1 Å². The Hall–Kier alpha value is -2.00. The van der Waals surface area contributed by atoms with Crippen LogP contribution in [0.5, 0.6) is 0 Å². The molecule has 0 aliphatic rings. The molecule has 1 rings (SSSR count). The highest BCUT2D eigenvalue weighted by Gasteiger charge is 2.19. The molecule has 0 aromatic heterocycles. The van der Waals surface area contributed by atoms with Crippen molar-refractivity contribution in [3.63, 3.8) is 0 Å². The third kappa shape index (κ3) is 3.48. The predicted molar refractivity (Wildman–Crippen MR) is 64.3 cm³/mol. The number of ether oxygens (including phenoxy) is 1. The third-order valence-electron chi connectivity index (χ3n) is 2.63. The van der Waals surface area contributed by atoms with Crippen molar-refractivity contribution in [1.82, 2.24) is 0 Å². The number of nitriles is 1. The molecule has 0 saturated heterocycles. The van der Waals surface area contributed by atoms with E-state index in [0.29, 0.717) is 5.56 Å². The van der Waals surface area contributed by atoms with Crippen LogP contribution in [-0.2, 0) is 22.5 Å². The summed E-state index contributed by atoms with van der Waals surface area (Å²) >= 11 is 0. The van der Waals surface area contributed by atoms with E-state index in [9.17, 15) is 13.6 Å². The fourth-order valence-corrected chi connectivity index (χ4v) is 1.79. The minimum absolute atomic E-state index is 0.0355. The lowest BCUT2D eigenvalue weighted by atomic mass is 9.95. The van der Waals surface area contributed by atoms with Gasteiger partial charge in [-0.1, -0.05) is 12.1 Å². The quantitative estimate of drug-likeness (QED) is 0.829. The Labute approximate surface area is 109 Å². The molecule has 0 aliphatic heterocycles. The fourth-order valence-electron chi connectivity index (χ4n) is 1.79. The van der Waals surface area contributed by atoms with Crippen LogP contribution in [-0.4, -0.2) is 12.6 Å². The highest BCUT2D eigenvalue weighted by atomic mass is 19.3.